The molecule has 0 unspecified atom stereocenters. The van der Waals surface area contributed by atoms with Crippen molar-refractivity contribution in [3.05, 3.63) is 11.1 Å². The lowest BCUT2D eigenvalue weighted by Crippen LogP contribution is -2.14. The Balaban J connectivity index is 5.26. The van der Waals surface area contributed by atoms with Gasteiger partial charge in [-0.3, -0.25) is 0 Å². The summed E-state index contributed by atoms with van der Waals surface area (Å²) in [5, 5.41) is 18.1. The number of carboxylic acid groups (broad SMARTS) is 2. The van der Waals surface area contributed by atoms with Gasteiger partial charge in [-0.05, 0) is 24.7 Å². The maximum Gasteiger partial charge on any atom is 0.332 e. The van der Waals surface area contributed by atoms with Crippen molar-refractivity contribution in [3.8, 4) is 0 Å². The van der Waals surface area contributed by atoms with Crippen LogP contribution in [0.1, 0.15) is 40.5 Å². The fourth-order valence-corrected chi connectivity index (χ4v) is 1.50. The van der Waals surface area contributed by atoms with Crippen molar-refractivity contribution in [2.75, 3.05) is 0 Å². The van der Waals surface area contributed by atoms with Crippen molar-refractivity contribution in [2.45, 2.75) is 40.5 Å². The molecular formula is C12H20O4. The predicted molar refractivity (Wildman–Crippen MR) is 61.2 cm³/mol. The van der Waals surface area contributed by atoms with E-state index in [1.54, 1.807) is 0 Å². The molecule has 0 saturated heterocycles. The van der Waals surface area contributed by atoms with Crippen molar-refractivity contribution >= 4 is 11.9 Å². The minimum atomic E-state index is -1.12. The molecule has 2 N–H and O–H groups in total. The zero-order chi connectivity index (χ0) is 12.9. The second-order valence-corrected chi connectivity index (χ2v) is 4.76. The van der Waals surface area contributed by atoms with E-state index in [0.717, 1.165) is 0 Å². The van der Waals surface area contributed by atoms with Gasteiger partial charge in [-0.1, -0.05) is 27.7 Å². The molecule has 0 aromatic rings. The zero-order valence-electron chi connectivity index (χ0n) is 10.3. The van der Waals surface area contributed by atoms with Crippen LogP contribution in [-0.2, 0) is 9.59 Å². The van der Waals surface area contributed by atoms with Crippen LogP contribution in [0, 0.1) is 11.8 Å². The first-order valence-corrected chi connectivity index (χ1v) is 5.44. The first-order valence-electron chi connectivity index (χ1n) is 5.44. The molecule has 16 heavy (non-hydrogen) atoms. The van der Waals surface area contributed by atoms with Crippen molar-refractivity contribution in [1.82, 2.24) is 0 Å². The Morgan fingerprint density at radius 1 is 0.812 bits per heavy atom. The fraction of sp³-hybridized carbons (Fsp3) is 0.667. The highest BCUT2D eigenvalue weighted by atomic mass is 16.4. The van der Waals surface area contributed by atoms with E-state index < -0.39 is 11.9 Å². The molecule has 0 aliphatic rings. The van der Waals surface area contributed by atoms with Gasteiger partial charge in [0, 0.05) is 11.1 Å². The Morgan fingerprint density at radius 3 is 1.19 bits per heavy atom. The standard InChI is InChI=1S/C12H20O4/c1-7(2)5-9(11(13)14)10(12(15)16)6-8(3)4/h7-8H,5-6H2,1-4H3,(H,13,14)(H,15,16)/b10-9+. The Kier molecular flexibility index (Phi) is 5.78. The van der Waals surface area contributed by atoms with Crippen LogP contribution < -0.4 is 0 Å². The summed E-state index contributed by atoms with van der Waals surface area (Å²) >= 11 is 0. The molecule has 0 rings (SSSR count). The van der Waals surface area contributed by atoms with Crippen molar-refractivity contribution in [1.29, 1.82) is 0 Å². The molecule has 0 heterocycles. The van der Waals surface area contributed by atoms with E-state index in [1.165, 1.54) is 0 Å². The number of hydrogen-bond acceptors (Lipinski definition) is 2. The Hall–Kier alpha value is -1.32. The number of rotatable bonds is 6. The van der Waals surface area contributed by atoms with Gasteiger partial charge in [0.05, 0.1) is 0 Å². The van der Waals surface area contributed by atoms with Gasteiger partial charge in [-0.15, -0.1) is 0 Å². The molecule has 0 aliphatic heterocycles. The van der Waals surface area contributed by atoms with Crippen LogP contribution in [0.25, 0.3) is 0 Å². The van der Waals surface area contributed by atoms with Gasteiger partial charge in [0.15, 0.2) is 0 Å². The van der Waals surface area contributed by atoms with Gasteiger partial charge < -0.3 is 10.2 Å². The van der Waals surface area contributed by atoms with Crippen LogP contribution in [0.15, 0.2) is 11.1 Å². The molecule has 0 radical (unpaired) electrons. The summed E-state index contributed by atoms with van der Waals surface area (Å²) in [5.41, 5.74) is 0.0763. The number of carboxylic acids is 2. The molecular weight excluding hydrogens is 208 g/mol. The molecule has 0 amide bonds. The van der Waals surface area contributed by atoms with E-state index in [9.17, 15) is 9.59 Å². The molecule has 4 heteroatoms. The number of carbonyl (C=O) groups is 2. The van der Waals surface area contributed by atoms with Gasteiger partial charge >= 0.3 is 11.9 Å². The third-order valence-electron chi connectivity index (χ3n) is 2.11. The Labute approximate surface area is 96.0 Å². The van der Waals surface area contributed by atoms with Crippen LogP contribution >= 0.6 is 0 Å². The second kappa shape index (κ2) is 6.30. The molecule has 4 nitrogen and oxygen atoms in total. The monoisotopic (exact) mass is 228 g/mol. The minimum Gasteiger partial charge on any atom is -0.478 e. The molecule has 0 saturated carbocycles. The molecule has 0 atom stereocenters. The quantitative estimate of drug-likeness (QED) is 0.685. The summed E-state index contributed by atoms with van der Waals surface area (Å²) in [6.07, 6.45) is 0.591. The molecule has 0 aliphatic carbocycles. The lowest BCUT2D eigenvalue weighted by molar-refractivity contribution is -0.136. The van der Waals surface area contributed by atoms with Crippen LogP contribution in [-0.4, -0.2) is 22.2 Å². The van der Waals surface area contributed by atoms with Crippen LogP contribution in [0.2, 0.25) is 0 Å². The molecule has 0 bridgehead atoms. The van der Waals surface area contributed by atoms with E-state index in [4.69, 9.17) is 10.2 Å². The first kappa shape index (κ1) is 14.7. The second-order valence-electron chi connectivity index (χ2n) is 4.76. The summed E-state index contributed by atoms with van der Waals surface area (Å²) in [7, 11) is 0. The maximum atomic E-state index is 11.0. The minimum absolute atomic E-state index is 0.0381. The number of hydrogen-bond donors (Lipinski definition) is 2. The highest BCUT2D eigenvalue weighted by Gasteiger charge is 2.21. The van der Waals surface area contributed by atoms with E-state index in [1.807, 2.05) is 27.7 Å². The fourth-order valence-electron chi connectivity index (χ4n) is 1.50. The molecule has 92 valence electrons. The SMILES string of the molecule is CC(C)C/C(C(=O)O)=C(/CC(C)C)C(=O)O. The molecule has 0 aromatic carbocycles. The number of aliphatic carboxylic acids is 2. The van der Waals surface area contributed by atoms with E-state index in [2.05, 4.69) is 0 Å². The largest absolute Gasteiger partial charge is 0.478 e. The lowest BCUT2D eigenvalue weighted by atomic mass is 9.93. The van der Waals surface area contributed by atoms with E-state index in [0.29, 0.717) is 12.8 Å². The Bertz CT molecular complexity index is 270. The summed E-state index contributed by atoms with van der Waals surface area (Å²) in [6.45, 7) is 7.49. The summed E-state index contributed by atoms with van der Waals surface area (Å²) in [6, 6.07) is 0. The van der Waals surface area contributed by atoms with E-state index in [-0.39, 0.29) is 23.0 Å². The van der Waals surface area contributed by atoms with Gasteiger partial charge in [-0.25, -0.2) is 9.59 Å². The Morgan fingerprint density at radius 2 is 1.06 bits per heavy atom. The van der Waals surface area contributed by atoms with Crippen molar-refractivity contribution in [2.24, 2.45) is 11.8 Å². The topological polar surface area (TPSA) is 74.6 Å². The van der Waals surface area contributed by atoms with Crippen LogP contribution in [0.4, 0.5) is 0 Å². The highest BCUT2D eigenvalue weighted by Crippen LogP contribution is 2.21. The first-order chi connectivity index (χ1) is 7.25. The highest BCUT2D eigenvalue weighted by molar-refractivity contribution is 5.98. The van der Waals surface area contributed by atoms with Crippen molar-refractivity contribution in [3.63, 3.8) is 0 Å². The van der Waals surface area contributed by atoms with E-state index >= 15 is 0 Å². The van der Waals surface area contributed by atoms with Gasteiger partial charge in [0.25, 0.3) is 0 Å². The zero-order valence-corrected chi connectivity index (χ0v) is 10.3. The van der Waals surface area contributed by atoms with Gasteiger partial charge in [0.2, 0.25) is 0 Å². The van der Waals surface area contributed by atoms with Gasteiger partial charge in [-0.2, -0.15) is 0 Å². The molecule has 0 spiro atoms. The van der Waals surface area contributed by atoms with Gasteiger partial charge in [0.1, 0.15) is 0 Å². The third-order valence-corrected chi connectivity index (χ3v) is 2.11. The maximum absolute atomic E-state index is 11.0. The molecule has 0 fully saturated rings. The lowest BCUT2D eigenvalue weighted by Gasteiger charge is -2.12. The summed E-state index contributed by atoms with van der Waals surface area (Å²) in [5.74, 6) is -1.97. The molecule has 0 aromatic heterocycles. The average Bonchev–Trinajstić information content (AvgIpc) is 2.09. The average molecular weight is 228 g/mol. The summed E-state index contributed by atoms with van der Waals surface area (Å²) in [4.78, 5) is 22.1. The summed E-state index contributed by atoms with van der Waals surface area (Å²) < 4.78 is 0. The third kappa shape index (κ3) is 4.96. The normalized spacial score (nSPS) is 12.9. The smallest absolute Gasteiger partial charge is 0.332 e. The van der Waals surface area contributed by atoms with Crippen molar-refractivity contribution < 1.29 is 19.8 Å². The van der Waals surface area contributed by atoms with Crippen LogP contribution in [0.3, 0.4) is 0 Å². The van der Waals surface area contributed by atoms with Crippen LogP contribution in [0.5, 0.6) is 0 Å². The predicted octanol–water partition coefficient (Wildman–Crippen LogP) is 2.54.